The number of carbonyl (C=O) groups excluding carboxylic acids is 1. The first kappa shape index (κ1) is 20.9. The largest absolute Gasteiger partial charge is 0.478 e. The molecule has 6 nitrogen and oxygen atoms in total. The second kappa shape index (κ2) is 8.68. The number of aryl methyl sites for hydroxylation is 1. The molecule has 2 N–H and O–H groups in total. The first-order chi connectivity index (χ1) is 14.3. The Kier molecular flexibility index (Phi) is 6.05. The maximum absolute atomic E-state index is 12.5. The third-order valence-corrected chi connectivity index (χ3v) is 4.94. The van der Waals surface area contributed by atoms with Gasteiger partial charge in [0.25, 0.3) is 5.91 Å². The van der Waals surface area contributed by atoms with Gasteiger partial charge in [-0.3, -0.25) is 4.79 Å². The Morgan fingerprint density at radius 3 is 2.63 bits per heavy atom. The van der Waals surface area contributed by atoms with Crippen molar-refractivity contribution in [3.63, 3.8) is 0 Å². The molecule has 0 aliphatic rings. The molecule has 1 heterocycles. The minimum atomic E-state index is -1.09. The molecule has 1 amide bonds. The van der Waals surface area contributed by atoms with Crippen LogP contribution in [-0.2, 0) is 4.79 Å². The van der Waals surface area contributed by atoms with E-state index < -0.39 is 11.9 Å². The zero-order chi connectivity index (χ0) is 21.8. The van der Waals surface area contributed by atoms with E-state index in [0.29, 0.717) is 22.0 Å². The van der Waals surface area contributed by atoms with E-state index in [-0.39, 0.29) is 16.9 Å². The number of carbonyl (C=O) groups is 2. The standard InChI is InChI=1S/C23H17ClN2O4/c1-13-4-3-5-20(14(13)2)26-22(27)16(12-25)10-17-7-9-21(30-17)18-11-15(23(28)29)6-8-19(18)24/h3-11H,1-2H3,(H,26,27)(H,28,29)/b16-10-. The summed E-state index contributed by atoms with van der Waals surface area (Å²) in [5.74, 6) is -1.07. The van der Waals surface area contributed by atoms with Crippen LogP contribution in [0.4, 0.5) is 5.69 Å². The summed E-state index contributed by atoms with van der Waals surface area (Å²) in [6.07, 6.45) is 1.32. The minimum Gasteiger partial charge on any atom is -0.478 e. The topological polar surface area (TPSA) is 103 Å². The van der Waals surface area contributed by atoms with Crippen molar-refractivity contribution >= 4 is 35.2 Å². The molecule has 150 valence electrons. The van der Waals surface area contributed by atoms with Crippen LogP contribution in [0, 0.1) is 25.2 Å². The van der Waals surface area contributed by atoms with Crippen LogP contribution in [0.3, 0.4) is 0 Å². The van der Waals surface area contributed by atoms with Gasteiger partial charge in [0.2, 0.25) is 0 Å². The predicted molar refractivity (Wildman–Crippen MR) is 114 cm³/mol. The van der Waals surface area contributed by atoms with Gasteiger partial charge in [-0.25, -0.2) is 4.79 Å². The van der Waals surface area contributed by atoms with Crippen molar-refractivity contribution in [2.24, 2.45) is 0 Å². The Balaban J connectivity index is 1.88. The minimum absolute atomic E-state index is 0.0634. The van der Waals surface area contributed by atoms with Crippen molar-refractivity contribution in [1.29, 1.82) is 5.26 Å². The van der Waals surface area contributed by atoms with Crippen LogP contribution < -0.4 is 5.32 Å². The number of rotatable bonds is 5. The van der Waals surface area contributed by atoms with Crippen LogP contribution in [-0.4, -0.2) is 17.0 Å². The van der Waals surface area contributed by atoms with Gasteiger partial charge in [0.05, 0.1) is 10.6 Å². The van der Waals surface area contributed by atoms with Gasteiger partial charge in [-0.2, -0.15) is 5.26 Å². The lowest BCUT2D eigenvalue weighted by molar-refractivity contribution is -0.112. The molecular formula is C23H17ClN2O4. The van der Waals surface area contributed by atoms with Gasteiger partial charge < -0.3 is 14.8 Å². The summed E-state index contributed by atoms with van der Waals surface area (Å²) < 4.78 is 5.68. The monoisotopic (exact) mass is 420 g/mol. The number of nitriles is 1. The van der Waals surface area contributed by atoms with Crippen molar-refractivity contribution in [2.75, 3.05) is 5.32 Å². The molecule has 3 rings (SSSR count). The van der Waals surface area contributed by atoms with Crippen LogP contribution >= 0.6 is 11.6 Å². The van der Waals surface area contributed by atoms with Crippen molar-refractivity contribution in [2.45, 2.75) is 13.8 Å². The van der Waals surface area contributed by atoms with E-state index in [0.717, 1.165) is 11.1 Å². The number of benzene rings is 2. The molecule has 2 aromatic carbocycles. The summed E-state index contributed by atoms with van der Waals surface area (Å²) in [7, 11) is 0. The number of carboxylic acids is 1. The molecule has 0 radical (unpaired) electrons. The highest BCUT2D eigenvalue weighted by Gasteiger charge is 2.15. The first-order valence-electron chi connectivity index (χ1n) is 8.92. The highest BCUT2D eigenvalue weighted by molar-refractivity contribution is 6.33. The summed E-state index contributed by atoms with van der Waals surface area (Å²) in [6.45, 7) is 3.81. The lowest BCUT2D eigenvalue weighted by Crippen LogP contribution is -2.14. The molecule has 7 heteroatoms. The third-order valence-electron chi connectivity index (χ3n) is 4.61. The number of nitrogens with one attached hydrogen (secondary N) is 1. The number of anilines is 1. The number of amides is 1. The Labute approximate surface area is 178 Å². The third kappa shape index (κ3) is 4.43. The quantitative estimate of drug-likeness (QED) is 0.421. The smallest absolute Gasteiger partial charge is 0.335 e. The van der Waals surface area contributed by atoms with E-state index >= 15 is 0 Å². The molecule has 0 atom stereocenters. The molecule has 0 unspecified atom stereocenters. The lowest BCUT2D eigenvalue weighted by atomic mass is 10.1. The average Bonchev–Trinajstić information content (AvgIpc) is 3.18. The summed E-state index contributed by atoms with van der Waals surface area (Å²) in [5.41, 5.74) is 2.88. The van der Waals surface area contributed by atoms with Gasteiger partial charge in [0.15, 0.2) is 0 Å². The first-order valence-corrected chi connectivity index (χ1v) is 9.30. The summed E-state index contributed by atoms with van der Waals surface area (Å²) in [6, 6.07) is 14.8. The zero-order valence-corrected chi connectivity index (χ0v) is 16.9. The summed E-state index contributed by atoms with van der Waals surface area (Å²) in [5, 5.41) is 21.6. The van der Waals surface area contributed by atoms with Crippen molar-refractivity contribution in [3.05, 3.63) is 81.6 Å². The summed E-state index contributed by atoms with van der Waals surface area (Å²) >= 11 is 6.16. The predicted octanol–water partition coefficient (Wildman–Crippen LogP) is 5.46. The summed E-state index contributed by atoms with van der Waals surface area (Å²) in [4.78, 5) is 23.7. The highest BCUT2D eigenvalue weighted by Crippen LogP contribution is 2.31. The van der Waals surface area contributed by atoms with Crippen LogP contribution in [0.1, 0.15) is 27.2 Å². The number of furan rings is 1. The van der Waals surface area contributed by atoms with Gasteiger partial charge in [-0.15, -0.1) is 0 Å². The van der Waals surface area contributed by atoms with E-state index in [1.165, 1.54) is 24.3 Å². The van der Waals surface area contributed by atoms with Gasteiger partial charge >= 0.3 is 5.97 Å². The highest BCUT2D eigenvalue weighted by atomic mass is 35.5. The van der Waals surface area contributed by atoms with E-state index in [2.05, 4.69) is 5.32 Å². The fourth-order valence-corrected chi connectivity index (χ4v) is 3.00. The Morgan fingerprint density at radius 2 is 1.93 bits per heavy atom. The Morgan fingerprint density at radius 1 is 1.17 bits per heavy atom. The van der Waals surface area contributed by atoms with E-state index in [4.69, 9.17) is 21.1 Å². The molecular weight excluding hydrogens is 404 g/mol. The van der Waals surface area contributed by atoms with Crippen LogP contribution in [0.5, 0.6) is 0 Å². The van der Waals surface area contributed by atoms with Crippen molar-refractivity contribution in [3.8, 4) is 17.4 Å². The molecule has 0 saturated heterocycles. The van der Waals surface area contributed by atoms with Gasteiger partial charge in [0, 0.05) is 17.3 Å². The maximum atomic E-state index is 12.5. The number of hydrogen-bond donors (Lipinski definition) is 2. The zero-order valence-electron chi connectivity index (χ0n) is 16.2. The average molecular weight is 421 g/mol. The number of carboxylic acid groups (broad SMARTS) is 1. The Hall–Kier alpha value is -3.82. The molecule has 1 aromatic heterocycles. The fourth-order valence-electron chi connectivity index (χ4n) is 2.79. The number of halogens is 1. The molecule has 0 aliphatic carbocycles. The molecule has 0 spiro atoms. The van der Waals surface area contributed by atoms with Crippen molar-refractivity contribution < 1.29 is 19.1 Å². The number of hydrogen-bond acceptors (Lipinski definition) is 4. The van der Waals surface area contributed by atoms with Gasteiger partial charge in [-0.05, 0) is 61.4 Å². The molecule has 0 saturated carbocycles. The lowest BCUT2D eigenvalue weighted by Gasteiger charge is -2.09. The van der Waals surface area contributed by atoms with E-state index in [1.807, 2.05) is 32.0 Å². The van der Waals surface area contributed by atoms with Crippen LogP contribution in [0.25, 0.3) is 17.4 Å². The van der Waals surface area contributed by atoms with E-state index in [1.54, 1.807) is 18.2 Å². The van der Waals surface area contributed by atoms with Gasteiger partial charge in [0.1, 0.15) is 23.2 Å². The molecule has 0 fully saturated rings. The van der Waals surface area contributed by atoms with Gasteiger partial charge in [-0.1, -0.05) is 23.7 Å². The van der Waals surface area contributed by atoms with Crippen LogP contribution in [0.2, 0.25) is 5.02 Å². The normalized spacial score (nSPS) is 11.1. The SMILES string of the molecule is Cc1cccc(NC(=O)/C(C#N)=C\c2ccc(-c3cc(C(=O)O)ccc3Cl)o2)c1C. The fraction of sp³-hybridized carbons (Fsp3) is 0.0870. The Bertz CT molecular complexity index is 1220. The number of nitrogens with zero attached hydrogens (tertiary/aromatic N) is 1. The van der Waals surface area contributed by atoms with E-state index in [9.17, 15) is 14.9 Å². The molecule has 0 bridgehead atoms. The second-order valence-corrected chi connectivity index (χ2v) is 6.98. The molecule has 0 aliphatic heterocycles. The molecule has 30 heavy (non-hydrogen) atoms. The maximum Gasteiger partial charge on any atom is 0.335 e. The van der Waals surface area contributed by atoms with Crippen LogP contribution in [0.15, 0.2) is 58.5 Å². The molecule has 3 aromatic rings. The second-order valence-electron chi connectivity index (χ2n) is 6.57. The number of aromatic carboxylic acids is 1. The van der Waals surface area contributed by atoms with Crippen molar-refractivity contribution in [1.82, 2.24) is 0 Å².